The summed E-state index contributed by atoms with van der Waals surface area (Å²) in [5.41, 5.74) is 8.08. The van der Waals surface area contributed by atoms with Gasteiger partial charge in [0.25, 0.3) is 0 Å². The summed E-state index contributed by atoms with van der Waals surface area (Å²) in [6, 6.07) is 7.85. The van der Waals surface area contributed by atoms with Crippen molar-refractivity contribution in [1.29, 1.82) is 0 Å². The van der Waals surface area contributed by atoms with Gasteiger partial charge in [-0.25, -0.2) is 9.97 Å². The maximum Gasteiger partial charge on any atom is 0.224 e. The van der Waals surface area contributed by atoms with E-state index in [0.29, 0.717) is 35.1 Å². The number of anilines is 1. The Labute approximate surface area is 228 Å². The van der Waals surface area contributed by atoms with Crippen LogP contribution in [0.3, 0.4) is 0 Å². The largest absolute Gasteiger partial charge is 0.335 e. The summed E-state index contributed by atoms with van der Waals surface area (Å²) in [5.74, 6) is 1.14. The Kier molecular flexibility index (Phi) is 6.08. The van der Waals surface area contributed by atoms with E-state index in [1.54, 1.807) is 29.9 Å². The Morgan fingerprint density at radius 1 is 0.949 bits per heavy atom. The first kappa shape index (κ1) is 23.7. The van der Waals surface area contributed by atoms with Crippen molar-refractivity contribution in [3.8, 4) is 33.9 Å². The number of imidazole rings is 1. The zero-order valence-electron chi connectivity index (χ0n) is 21.1. The lowest BCUT2D eigenvalue weighted by Gasteiger charge is -2.20. The highest BCUT2D eigenvalue weighted by Gasteiger charge is 2.19. The van der Waals surface area contributed by atoms with E-state index in [9.17, 15) is 4.79 Å². The molecule has 1 amide bonds. The summed E-state index contributed by atoms with van der Waals surface area (Å²) in [6.07, 6.45) is 13.6. The lowest BCUT2D eigenvalue weighted by molar-refractivity contribution is -0.117. The molecule has 10 heteroatoms. The maximum absolute atomic E-state index is 12.7. The fourth-order valence-electron chi connectivity index (χ4n) is 5.41. The van der Waals surface area contributed by atoms with Gasteiger partial charge in [-0.2, -0.15) is 16.4 Å². The summed E-state index contributed by atoms with van der Waals surface area (Å²) in [7, 11) is 0. The number of pyridine rings is 3. The van der Waals surface area contributed by atoms with Crippen LogP contribution in [0.5, 0.6) is 0 Å². The standard InChI is InChI=1S/C29H26N8OS/c38-25(10-17-4-2-1-3-5-17)32-20-11-19(12-30-13-20)22-6-7-23-27(33-22)28(37-36-23)29-34-24-15-31-14-21(26(24)35-29)18-8-9-39-16-18/h6-9,11-17H,1-5,10H2,(H,32,38)(H,34,35)(H,36,37). The average Bonchev–Trinajstić information content (AvgIpc) is 3.73. The van der Waals surface area contributed by atoms with Gasteiger partial charge in [0.05, 0.1) is 34.8 Å². The fourth-order valence-corrected chi connectivity index (χ4v) is 6.07. The highest BCUT2D eigenvalue weighted by Crippen LogP contribution is 2.32. The molecule has 6 heterocycles. The van der Waals surface area contributed by atoms with Crippen molar-refractivity contribution < 1.29 is 4.79 Å². The van der Waals surface area contributed by atoms with Crippen molar-refractivity contribution in [3.05, 3.63) is 59.8 Å². The van der Waals surface area contributed by atoms with Gasteiger partial charge >= 0.3 is 0 Å². The van der Waals surface area contributed by atoms with E-state index in [2.05, 4.69) is 41.9 Å². The number of fused-ring (bicyclic) bond motifs is 2. The highest BCUT2D eigenvalue weighted by atomic mass is 32.1. The third-order valence-corrected chi connectivity index (χ3v) is 8.06. The highest BCUT2D eigenvalue weighted by molar-refractivity contribution is 7.08. The van der Waals surface area contributed by atoms with Gasteiger partial charge in [0, 0.05) is 29.9 Å². The van der Waals surface area contributed by atoms with E-state index in [0.717, 1.165) is 51.8 Å². The number of thiophene rings is 1. The molecule has 194 valence electrons. The molecular formula is C29H26N8OS. The van der Waals surface area contributed by atoms with Crippen molar-refractivity contribution in [1.82, 2.24) is 35.1 Å². The van der Waals surface area contributed by atoms with Crippen LogP contribution < -0.4 is 5.32 Å². The first-order chi connectivity index (χ1) is 19.2. The SMILES string of the molecule is O=C(CC1CCCCC1)Nc1cncc(-c2ccc3[nH]nc(-c4nc5c(-c6ccsc6)cncc5[nH]4)c3n2)c1. The molecule has 0 saturated heterocycles. The number of amides is 1. The van der Waals surface area contributed by atoms with Gasteiger partial charge in [0.15, 0.2) is 11.5 Å². The Hall–Kier alpha value is -4.44. The number of nitrogens with zero attached hydrogens (tertiary/aromatic N) is 5. The van der Waals surface area contributed by atoms with Crippen molar-refractivity contribution in [2.75, 3.05) is 5.32 Å². The number of hydrogen-bond donors (Lipinski definition) is 3. The molecule has 0 atom stereocenters. The Balaban J connectivity index is 1.19. The van der Waals surface area contributed by atoms with E-state index >= 15 is 0 Å². The van der Waals surface area contributed by atoms with Crippen molar-refractivity contribution in [3.63, 3.8) is 0 Å². The normalized spacial score (nSPS) is 14.3. The second kappa shape index (κ2) is 10.0. The number of rotatable bonds is 6. The number of aromatic nitrogens is 7. The zero-order chi connectivity index (χ0) is 26.2. The van der Waals surface area contributed by atoms with Crippen LogP contribution in [0.4, 0.5) is 5.69 Å². The predicted octanol–water partition coefficient (Wildman–Crippen LogP) is 6.60. The van der Waals surface area contributed by atoms with Crippen molar-refractivity contribution in [2.24, 2.45) is 5.92 Å². The van der Waals surface area contributed by atoms with Gasteiger partial charge in [-0.05, 0) is 59.3 Å². The minimum absolute atomic E-state index is 0.0441. The summed E-state index contributed by atoms with van der Waals surface area (Å²) >= 11 is 1.64. The number of hydrogen-bond acceptors (Lipinski definition) is 7. The van der Waals surface area contributed by atoms with E-state index in [1.807, 2.05) is 29.8 Å². The summed E-state index contributed by atoms with van der Waals surface area (Å²) in [6.45, 7) is 0. The lowest BCUT2D eigenvalue weighted by Crippen LogP contribution is -2.18. The molecule has 0 bridgehead atoms. The van der Waals surface area contributed by atoms with Crippen LogP contribution in [0.1, 0.15) is 38.5 Å². The number of H-pyrrole nitrogens is 2. The van der Waals surface area contributed by atoms with Crippen LogP contribution in [0, 0.1) is 5.92 Å². The van der Waals surface area contributed by atoms with Gasteiger partial charge in [-0.15, -0.1) is 0 Å². The predicted molar refractivity (Wildman–Crippen MR) is 153 cm³/mol. The van der Waals surface area contributed by atoms with Gasteiger partial charge in [0.2, 0.25) is 5.91 Å². The molecule has 0 aromatic carbocycles. The van der Waals surface area contributed by atoms with Crippen LogP contribution >= 0.6 is 11.3 Å². The molecule has 1 fully saturated rings. The molecule has 9 nitrogen and oxygen atoms in total. The summed E-state index contributed by atoms with van der Waals surface area (Å²) in [4.78, 5) is 34.6. The van der Waals surface area contributed by atoms with Crippen LogP contribution in [0.15, 0.2) is 59.8 Å². The molecule has 0 unspecified atom stereocenters. The molecule has 0 radical (unpaired) electrons. The number of aromatic amines is 2. The molecule has 1 saturated carbocycles. The van der Waals surface area contributed by atoms with E-state index in [-0.39, 0.29) is 5.91 Å². The summed E-state index contributed by atoms with van der Waals surface area (Å²) in [5, 5.41) is 14.8. The second-order valence-electron chi connectivity index (χ2n) is 10.1. The maximum atomic E-state index is 12.7. The van der Waals surface area contributed by atoms with Crippen LogP contribution in [0.25, 0.3) is 56.0 Å². The molecule has 7 rings (SSSR count). The van der Waals surface area contributed by atoms with E-state index in [1.165, 1.54) is 19.3 Å². The Morgan fingerprint density at radius 3 is 2.72 bits per heavy atom. The molecular weight excluding hydrogens is 508 g/mol. The van der Waals surface area contributed by atoms with E-state index < -0.39 is 0 Å². The third kappa shape index (κ3) is 4.67. The first-order valence-electron chi connectivity index (χ1n) is 13.2. The zero-order valence-corrected chi connectivity index (χ0v) is 22.0. The molecule has 3 N–H and O–H groups in total. The second-order valence-corrected chi connectivity index (χ2v) is 10.8. The first-order valence-corrected chi connectivity index (χ1v) is 14.1. The van der Waals surface area contributed by atoms with Crippen molar-refractivity contribution >= 4 is 45.0 Å². The van der Waals surface area contributed by atoms with Crippen LogP contribution in [-0.4, -0.2) is 41.0 Å². The number of carbonyl (C=O) groups excluding carboxylic acids is 1. The molecule has 0 spiro atoms. The number of nitrogens with one attached hydrogen (secondary N) is 3. The molecule has 6 aromatic rings. The monoisotopic (exact) mass is 534 g/mol. The molecule has 0 aliphatic heterocycles. The quantitative estimate of drug-likeness (QED) is 0.221. The van der Waals surface area contributed by atoms with Gasteiger partial charge < -0.3 is 10.3 Å². The minimum atomic E-state index is 0.0441. The minimum Gasteiger partial charge on any atom is -0.335 e. The van der Waals surface area contributed by atoms with Crippen LogP contribution in [-0.2, 0) is 4.79 Å². The molecule has 1 aliphatic carbocycles. The van der Waals surface area contributed by atoms with Crippen molar-refractivity contribution in [2.45, 2.75) is 38.5 Å². The van der Waals surface area contributed by atoms with Gasteiger partial charge in [0.1, 0.15) is 11.0 Å². The lowest BCUT2D eigenvalue weighted by atomic mass is 9.87. The van der Waals surface area contributed by atoms with Crippen LogP contribution in [0.2, 0.25) is 0 Å². The molecule has 1 aliphatic rings. The summed E-state index contributed by atoms with van der Waals surface area (Å²) < 4.78 is 0. The Bertz CT molecular complexity index is 1780. The smallest absolute Gasteiger partial charge is 0.224 e. The molecule has 39 heavy (non-hydrogen) atoms. The number of carbonyl (C=O) groups is 1. The Morgan fingerprint density at radius 2 is 1.85 bits per heavy atom. The van der Waals surface area contributed by atoms with Gasteiger partial charge in [-0.1, -0.05) is 19.3 Å². The molecule has 6 aromatic heterocycles. The third-order valence-electron chi connectivity index (χ3n) is 7.37. The van der Waals surface area contributed by atoms with Gasteiger partial charge in [-0.3, -0.25) is 19.9 Å². The van der Waals surface area contributed by atoms with E-state index in [4.69, 9.17) is 9.97 Å². The topological polar surface area (TPSA) is 125 Å². The average molecular weight is 535 g/mol. The fraction of sp³-hybridized carbons (Fsp3) is 0.241.